The molecule has 4 rings (SSSR count). The van der Waals surface area contributed by atoms with Gasteiger partial charge in [0.15, 0.2) is 9.84 Å². The van der Waals surface area contributed by atoms with Crippen molar-refractivity contribution in [3.8, 4) is 0 Å². The molecule has 1 heterocycles. The number of fused-ring (bicyclic) bond motifs is 1. The van der Waals surface area contributed by atoms with Crippen LogP contribution in [-0.4, -0.2) is 18.0 Å². The monoisotopic (exact) mass is 362 g/mol. The molecule has 130 valence electrons. The maximum absolute atomic E-state index is 13.4. The van der Waals surface area contributed by atoms with Crippen LogP contribution in [0.5, 0.6) is 0 Å². The van der Waals surface area contributed by atoms with Crippen LogP contribution >= 0.6 is 0 Å². The normalized spacial score (nSPS) is 12.9. The first-order valence-electron chi connectivity index (χ1n) is 8.41. The summed E-state index contributed by atoms with van der Waals surface area (Å²) in [4.78, 5) is 4.71. The second-order valence-corrected chi connectivity index (χ2v) is 8.25. The van der Waals surface area contributed by atoms with Gasteiger partial charge in [0.05, 0.1) is 22.3 Å². The van der Waals surface area contributed by atoms with Gasteiger partial charge in [-0.1, -0.05) is 60.7 Å². The fourth-order valence-corrected chi connectivity index (χ4v) is 4.88. The lowest BCUT2D eigenvalue weighted by molar-refractivity contribution is 0.548. The number of imidazole rings is 1. The molecule has 1 unspecified atom stereocenters. The third-order valence-corrected chi connectivity index (χ3v) is 6.51. The van der Waals surface area contributed by atoms with Gasteiger partial charge >= 0.3 is 0 Å². The molecule has 0 spiro atoms. The van der Waals surface area contributed by atoms with Crippen molar-refractivity contribution in [2.45, 2.75) is 16.7 Å². The Morgan fingerprint density at radius 2 is 1.42 bits per heavy atom. The van der Waals surface area contributed by atoms with Gasteiger partial charge < -0.3 is 4.57 Å². The third-order valence-electron chi connectivity index (χ3n) is 4.47. The fraction of sp³-hybridized carbons (Fsp3) is 0.0952. The molecule has 5 heteroatoms. The van der Waals surface area contributed by atoms with Gasteiger partial charge in [0.2, 0.25) is 0 Å². The number of rotatable bonds is 5. The Labute approximate surface area is 152 Å². The molecule has 0 bridgehead atoms. The van der Waals surface area contributed by atoms with E-state index in [0.717, 1.165) is 16.6 Å². The van der Waals surface area contributed by atoms with E-state index in [-0.39, 0.29) is 0 Å². The van der Waals surface area contributed by atoms with Crippen LogP contribution in [0.1, 0.15) is 10.9 Å². The van der Waals surface area contributed by atoms with Crippen LogP contribution in [0.15, 0.2) is 96.2 Å². The predicted octanol–water partition coefficient (Wildman–Crippen LogP) is 4.25. The van der Waals surface area contributed by atoms with Crippen molar-refractivity contribution in [3.63, 3.8) is 0 Å². The molecular weight excluding hydrogens is 344 g/mol. The first kappa shape index (κ1) is 16.5. The summed E-state index contributed by atoms with van der Waals surface area (Å²) in [5.41, 5.74) is 2.57. The summed E-state index contributed by atoms with van der Waals surface area (Å²) in [6, 6.07) is 25.9. The fourth-order valence-electron chi connectivity index (χ4n) is 3.15. The number of benzene rings is 3. The second kappa shape index (κ2) is 6.77. The van der Waals surface area contributed by atoms with Crippen LogP contribution < -0.4 is 0 Å². The van der Waals surface area contributed by atoms with Gasteiger partial charge in [-0.05, 0) is 29.8 Å². The minimum atomic E-state index is -3.59. The summed E-state index contributed by atoms with van der Waals surface area (Å²) in [5.74, 6) is 0. The average Bonchev–Trinajstić information content (AvgIpc) is 3.11. The highest BCUT2D eigenvalue weighted by Gasteiger charge is 2.30. The van der Waals surface area contributed by atoms with E-state index in [1.807, 2.05) is 60.7 Å². The molecule has 1 aromatic heterocycles. The van der Waals surface area contributed by atoms with Crippen LogP contribution in [-0.2, 0) is 16.3 Å². The maximum Gasteiger partial charge on any atom is 0.200 e. The van der Waals surface area contributed by atoms with Crippen molar-refractivity contribution < 1.29 is 8.42 Å². The van der Waals surface area contributed by atoms with Crippen molar-refractivity contribution in [1.29, 1.82) is 0 Å². The molecule has 0 aliphatic rings. The number of hydrogen-bond donors (Lipinski definition) is 0. The molecule has 0 N–H and O–H groups in total. The smallest absolute Gasteiger partial charge is 0.200 e. The predicted molar refractivity (Wildman–Crippen MR) is 103 cm³/mol. The Morgan fingerprint density at radius 1 is 0.808 bits per heavy atom. The zero-order chi connectivity index (χ0) is 18.0. The van der Waals surface area contributed by atoms with E-state index in [9.17, 15) is 8.42 Å². The standard InChI is InChI=1S/C21H18N2O2S/c24-26(25,18-11-5-2-6-12-18)21(15-17-9-3-1-4-10-17)23-16-22-19-13-7-8-14-20(19)23/h1-14,16,21H,15H2. The van der Waals surface area contributed by atoms with E-state index in [1.165, 1.54) is 0 Å². The van der Waals surface area contributed by atoms with Crippen molar-refractivity contribution in [3.05, 3.63) is 96.8 Å². The van der Waals surface area contributed by atoms with Gasteiger partial charge in [-0.3, -0.25) is 0 Å². The van der Waals surface area contributed by atoms with Crippen LogP contribution in [0.2, 0.25) is 0 Å². The molecule has 26 heavy (non-hydrogen) atoms. The highest BCUT2D eigenvalue weighted by Crippen LogP contribution is 2.30. The Kier molecular flexibility index (Phi) is 4.31. The molecule has 4 aromatic rings. The average molecular weight is 362 g/mol. The number of aromatic nitrogens is 2. The summed E-state index contributed by atoms with van der Waals surface area (Å²) in [6.45, 7) is 0. The lowest BCUT2D eigenvalue weighted by atomic mass is 10.1. The van der Waals surface area contributed by atoms with Crippen LogP contribution in [0.4, 0.5) is 0 Å². The second-order valence-electron chi connectivity index (χ2n) is 6.14. The molecule has 0 radical (unpaired) electrons. The Bertz CT molecular complexity index is 1120. The maximum atomic E-state index is 13.4. The molecule has 0 saturated carbocycles. The van der Waals surface area contributed by atoms with E-state index in [1.54, 1.807) is 35.2 Å². The van der Waals surface area contributed by atoms with Gasteiger partial charge in [-0.15, -0.1) is 0 Å². The Hall–Kier alpha value is -2.92. The molecule has 3 aromatic carbocycles. The SMILES string of the molecule is O=S(=O)(c1ccccc1)C(Cc1ccccc1)n1cnc2ccccc21. The van der Waals surface area contributed by atoms with Gasteiger partial charge in [-0.25, -0.2) is 13.4 Å². The number of nitrogens with zero attached hydrogens (tertiary/aromatic N) is 2. The number of sulfone groups is 1. The van der Waals surface area contributed by atoms with Crippen molar-refractivity contribution in [2.75, 3.05) is 0 Å². The van der Waals surface area contributed by atoms with Gasteiger partial charge in [0, 0.05) is 6.42 Å². The summed E-state index contributed by atoms with van der Waals surface area (Å²) in [6.07, 6.45) is 2.00. The van der Waals surface area contributed by atoms with Crippen LogP contribution in [0.3, 0.4) is 0 Å². The minimum absolute atomic E-state index is 0.318. The first-order chi connectivity index (χ1) is 12.7. The summed E-state index contributed by atoms with van der Waals surface area (Å²) < 4.78 is 28.6. The lowest BCUT2D eigenvalue weighted by Gasteiger charge is -2.20. The summed E-state index contributed by atoms with van der Waals surface area (Å²) in [5, 5.41) is -0.764. The topological polar surface area (TPSA) is 52.0 Å². The largest absolute Gasteiger partial charge is 0.312 e. The Morgan fingerprint density at radius 3 is 2.15 bits per heavy atom. The molecule has 0 saturated heterocycles. The number of hydrogen-bond acceptors (Lipinski definition) is 3. The molecular formula is C21H18N2O2S. The van der Waals surface area contributed by atoms with Crippen molar-refractivity contribution in [1.82, 2.24) is 9.55 Å². The van der Waals surface area contributed by atoms with Crippen molar-refractivity contribution in [2.24, 2.45) is 0 Å². The van der Waals surface area contributed by atoms with Gasteiger partial charge in [-0.2, -0.15) is 0 Å². The first-order valence-corrected chi connectivity index (χ1v) is 9.95. The van der Waals surface area contributed by atoms with E-state index >= 15 is 0 Å². The highest BCUT2D eigenvalue weighted by molar-refractivity contribution is 7.91. The molecule has 0 aliphatic heterocycles. The molecule has 4 nitrogen and oxygen atoms in total. The van der Waals surface area contributed by atoms with Crippen LogP contribution in [0.25, 0.3) is 11.0 Å². The zero-order valence-corrected chi connectivity index (χ0v) is 14.9. The number of para-hydroxylation sites is 2. The Balaban J connectivity index is 1.87. The molecule has 0 aliphatic carbocycles. The zero-order valence-electron chi connectivity index (χ0n) is 14.1. The van der Waals surface area contributed by atoms with Crippen LogP contribution in [0, 0.1) is 0 Å². The van der Waals surface area contributed by atoms with E-state index in [4.69, 9.17) is 0 Å². The molecule has 1 atom stereocenters. The summed E-state index contributed by atoms with van der Waals surface area (Å²) in [7, 11) is -3.59. The third kappa shape index (κ3) is 3.02. The van der Waals surface area contributed by atoms with Gasteiger partial charge in [0.1, 0.15) is 5.37 Å². The van der Waals surface area contributed by atoms with Gasteiger partial charge in [0.25, 0.3) is 0 Å². The summed E-state index contributed by atoms with van der Waals surface area (Å²) >= 11 is 0. The highest BCUT2D eigenvalue weighted by atomic mass is 32.2. The van der Waals surface area contributed by atoms with E-state index in [0.29, 0.717) is 11.3 Å². The lowest BCUT2D eigenvalue weighted by Crippen LogP contribution is -2.22. The molecule has 0 amide bonds. The van der Waals surface area contributed by atoms with E-state index in [2.05, 4.69) is 4.98 Å². The molecule has 0 fully saturated rings. The quantitative estimate of drug-likeness (QED) is 0.533. The van der Waals surface area contributed by atoms with E-state index < -0.39 is 15.2 Å². The minimum Gasteiger partial charge on any atom is -0.312 e. The van der Waals surface area contributed by atoms with Crippen molar-refractivity contribution >= 4 is 20.9 Å².